The van der Waals surface area contributed by atoms with Crippen LogP contribution in [0.2, 0.25) is 0 Å². The lowest BCUT2D eigenvalue weighted by atomic mass is 10.1. The van der Waals surface area contributed by atoms with Crippen molar-refractivity contribution >= 4 is 16.9 Å². The lowest BCUT2D eigenvalue weighted by Crippen LogP contribution is -1.99. The van der Waals surface area contributed by atoms with E-state index in [1.807, 2.05) is 0 Å². The van der Waals surface area contributed by atoms with Crippen molar-refractivity contribution < 1.29 is 19.7 Å². The molecule has 0 bridgehead atoms. The Kier molecular flexibility index (Phi) is 2.36. The van der Waals surface area contributed by atoms with Crippen LogP contribution >= 0.6 is 0 Å². The molecule has 82 valence electrons. The first-order valence-electron chi connectivity index (χ1n) is 4.52. The van der Waals surface area contributed by atoms with E-state index in [0.717, 1.165) is 6.20 Å². The molecule has 1 aromatic carbocycles. The molecule has 0 aliphatic rings. The molecule has 1 heterocycles. The van der Waals surface area contributed by atoms with Crippen LogP contribution in [0, 0.1) is 0 Å². The largest absolute Gasteiger partial charge is 0.505 e. The summed E-state index contributed by atoms with van der Waals surface area (Å²) in [5, 5.41) is 18.8. The summed E-state index contributed by atoms with van der Waals surface area (Å²) >= 11 is 0. The number of carbonyl (C=O) groups is 1. The van der Waals surface area contributed by atoms with Crippen LogP contribution in [0.3, 0.4) is 0 Å². The van der Waals surface area contributed by atoms with Crippen LogP contribution in [0.4, 0.5) is 0 Å². The SMILES string of the molecule is COc1ccc2c(C(=O)O)c(O)cnc2c1. The van der Waals surface area contributed by atoms with Crippen LogP contribution in [0.25, 0.3) is 10.9 Å². The van der Waals surface area contributed by atoms with Crippen molar-refractivity contribution in [2.24, 2.45) is 0 Å². The lowest BCUT2D eigenvalue weighted by Gasteiger charge is -2.05. The highest BCUT2D eigenvalue weighted by atomic mass is 16.5. The highest BCUT2D eigenvalue weighted by Crippen LogP contribution is 2.27. The fourth-order valence-electron chi connectivity index (χ4n) is 1.51. The van der Waals surface area contributed by atoms with Gasteiger partial charge in [-0.05, 0) is 12.1 Å². The summed E-state index contributed by atoms with van der Waals surface area (Å²) in [6, 6.07) is 4.79. The topological polar surface area (TPSA) is 79.7 Å². The van der Waals surface area contributed by atoms with Crippen LogP contribution < -0.4 is 4.74 Å². The van der Waals surface area contributed by atoms with Crippen molar-refractivity contribution in [3.63, 3.8) is 0 Å². The van der Waals surface area contributed by atoms with E-state index in [1.165, 1.54) is 7.11 Å². The number of rotatable bonds is 2. The second kappa shape index (κ2) is 3.69. The van der Waals surface area contributed by atoms with Gasteiger partial charge in [0.1, 0.15) is 17.1 Å². The number of fused-ring (bicyclic) bond motifs is 1. The van der Waals surface area contributed by atoms with E-state index in [2.05, 4.69) is 4.98 Å². The molecule has 0 fully saturated rings. The predicted molar refractivity (Wildman–Crippen MR) is 56.9 cm³/mol. The molecule has 5 nitrogen and oxygen atoms in total. The Hall–Kier alpha value is -2.30. The van der Waals surface area contributed by atoms with Gasteiger partial charge in [-0.25, -0.2) is 4.79 Å². The first-order chi connectivity index (χ1) is 7.63. The van der Waals surface area contributed by atoms with Crippen LogP contribution in [0.5, 0.6) is 11.5 Å². The third-order valence-electron chi connectivity index (χ3n) is 2.27. The maximum absolute atomic E-state index is 11.0. The molecule has 1 aromatic heterocycles. The fraction of sp³-hybridized carbons (Fsp3) is 0.0909. The van der Waals surface area contributed by atoms with Gasteiger partial charge in [0.25, 0.3) is 0 Å². The molecule has 0 saturated heterocycles. The molecule has 0 atom stereocenters. The Morgan fingerprint density at radius 3 is 2.81 bits per heavy atom. The van der Waals surface area contributed by atoms with Crippen LogP contribution in [-0.4, -0.2) is 28.3 Å². The number of carboxylic acids is 1. The van der Waals surface area contributed by atoms with Gasteiger partial charge in [0.05, 0.1) is 18.8 Å². The standard InChI is InChI=1S/C11H9NO4/c1-16-6-2-3-7-8(4-6)12-5-9(13)10(7)11(14)15/h2-5,13H,1H3,(H,14,15). The number of hydrogen-bond donors (Lipinski definition) is 2. The summed E-state index contributed by atoms with van der Waals surface area (Å²) < 4.78 is 5.00. The van der Waals surface area contributed by atoms with E-state index in [1.54, 1.807) is 18.2 Å². The van der Waals surface area contributed by atoms with Crippen molar-refractivity contribution in [3.05, 3.63) is 30.0 Å². The maximum Gasteiger partial charge on any atom is 0.340 e. The highest BCUT2D eigenvalue weighted by molar-refractivity contribution is 6.05. The zero-order valence-electron chi connectivity index (χ0n) is 8.47. The molecule has 5 heteroatoms. The Morgan fingerprint density at radius 2 is 2.19 bits per heavy atom. The van der Waals surface area contributed by atoms with Gasteiger partial charge in [0.15, 0.2) is 0 Å². The van der Waals surface area contributed by atoms with Gasteiger partial charge < -0.3 is 14.9 Å². The van der Waals surface area contributed by atoms with Gasteiger partial charge in [-0.3, -0.25) is 4.98 Å². The Bertz CT molecular complexity index is 565. The van der Waals surface area contributed by atoms with E-state index >= 15 is 0 Å². The zero-order valence-corrected chi connectivity index (χ0v) is 8.47. The van der Waals surface area contributed by atoms with Gasteiger partial charge in [-0.1, -0.05) is 0 Å². The molecule has 2 rings (SSSR count). The molecular weight excluding hydrogens is 210 g/mol. The molecule has 0 aliphatic carbocycles. The first-order valence-corrected chi connectivity index (χ1v) is 4.52. The van der Waals surface area contributed by atoms with E-state index in [9.17, 15) is 9.90 Å². The summed E-state index contributed by atoms with van der Waals surface area (Å²) in [4.78, 5) is 14.9. The van der Waals surface area contributed by atoms with Crippen LogP contribution in [0.15, 0.2) is 24.4 Å². The average Bonchev–Trinajstić information content (AvgIpc) is 2.27. The smallest absolute Gasteiger partial charge is 0.340 e. The summed E-state index contributed by atoms with van der Waals surface area (Å²) in [7, 11) is 1.51. The summed E-state index contributed by atoms with van der Waals surface area (Å²) in [5.74, 6) is -0.942. The third kappa shape index (κ3) is 1.52. The number of aromatic carboxylic acids is 1. The van der Waals surface area contributed by atoms with Gasteiger partial charge in [-0.2, -0.15) is 0 Å². The molecule has 2 N–H and O–H groups in total. The lowest BCUT2D eigenvalue weighted by molar-refractivity contribution is 0.0696. The molecule has 0 unspecified atom stereocenters. The van der Waals surface area contributed by atoms with Gasteiger partial charge in [0, 0.05) is 11.5 Å². The first kappa shape index (κ1) is 10.2. The van der Waals surface area contributed by atoms with Gasteiger partial charge >= 0.3 is 5.97 Å². The molecule has 0 spiro atoms. The monoisotopic (exact) mass is 219 g/mol. The molecule has 0 aliphatic heterocycles. The molecular formula is C11H9NO4. The van der Waals surface area contributed by atoms with Crippen LogP contribution in [0.1, 0.15) is 10.4 Å². The summed E-state index contributed by atoms with van der Waals surface area (Å²) in [6.45, 7) is 0. The van der Waals surface area contributed by atoms with E-state index in [0.29, 0.717) is 16.7 Å². The van der Waals surface area contributed by atoms with Crippen molar-refractivity contribution in [1.29, 1.82) is 0 Å². The maximum atomic E-state index is 11.0. The number of benzene rings is 1. The Labute approximate surface area is 90.9 Å². The zero-order chi connectivity index (χ0) is 11.7. The van der Waals surface area contributed by atoms with Crippen molar-refractivity contribution in [3.8, 4) is 11.5 Å². The summed E-state index contributed by atoms with van der Waals surface area (Å²) in [6.07, 6.45) is 1.12. The molecule has 2 aromatic rings. The van der Waals surface area contributed by atoms with E-state index in [-0.39, 0.29) is 11.3 Å². The van der Waals surface area contributed by atoms with Gasteiger partial charge in [0.2, 0.25) is 0 Å². The molecule has 0 saturated carbocycles. The number of carboxylic acid groups (broad SMARTS) is 1. The minimum Gasteiger partial charge on any atom is -0.505 e. The molecule has 0 radical (unpaired) electrons. The molecule has 0 amide bonds. The number of pyridine rings is 1. The number of methoxy groups -OCH3 is 1. The molecule has 16 heavy (non-hydrogen) atoms. The minimum absolute atomic E-state index is 0.146. The number of hydrogen-bond acceptors (Lipinski definition) is 4. The Morgan fingerprint density at radius 1 is 1.44 bits per heavy atom. The Balaban J connectivity index is 2.79. The fourth-order valence-corrected chi connectivity index (χ4v) is 1.51. The quantitative estimate of drug-likeness (QED) is 0.802. The second-order valence-corrected chi connectivity index (χ2v) is 3.21. The number of ether oxygens (including phenoxy) is 1. The summed E-state index contributed by atoms with van der Waals surface area (Å²) in [5.41, 5.74) is 0.321. The predicted octanol–water partition coefficient (Wildman–Crippen LogP) is 1.65. The average molecular weight is 219 g/mol. The highest BCUT2D eigenvalue weighted by Gasteiger charge is 2.15. The number of aromatic nitrogens is 1. The van der Waals surface area contributed by atoms with Crippen LogP contribution in [-0.2, 0) is 0 Å². The third-order valence-corrected chi connectivity index (χ3v) is 2.27. The number of nitrogens with zero attached hydrogens (tertiary/aromatic N) is 1. The number of aromatic hydroxyl groups is 1. The van der Waals surface area contributed by atoms with E-state index in [4.69, 9.17) is 9.84 Å². The van der Waals surface area contributed by atoms with E-state index < -0.39 is 5.97 Å². The van der Waals surface area contributed by atoms with Gasteiger partial charge in [-0.15, -0.1) is 0 Å². The van der Waals surface area contributed by atoms with Crippen molar-refractivity contribution in [1.82, 2.24) is 4.98 Å². The minimum atomic E-state index is -1.19. The second-order valence-electron chi connectivity index (χ2n) is 3.21. The van der Waals surface area contributed by atoms with Crippen molar-refractivity contribution in [2.75, 3.05) is 7.11 Å². The van der Waals surface area contributed by atoms with Crippen molar-refractivity contribution in [2.45, 2.75) is 0 Å². The normalized spacial score (nSPS) is 10.3.